The van der Waals surface area contributed by atoms with Crippen LogP contribution in [-0.2, 0) is 6.54 Å². The summed E-state index contributed by atoms with van der Waals surface area (Å²) < 4.78 is 5.37. The van der Waals surface area contributed by atoms with E-state index >= 15 is 0 Å². The van der Waals surface area contributed by atoms with Gasteiger partial charge >= 0.3 is 0 Å². The lowest BCUT2D eigenvalue weighted by Crippen LogP contribution is -2.06. The number of nitrogens with one attached hydrogen (secondary N) is 2. The fourth-order valence-corrected chi connectivity index (χ4v) is 2.66. The molecule has 0 spiro atoms. The van der Waals surface area contributed by atoms with Gasteiger partial charge in [-0.15, -0.1) is 0 Å². The second kappa shape index (κ2) is 7.85. The standard InChI is InChI=1S/C19H19ClN4O/c1-13-22-18(21-12-14-6-3-4-9-17(14)25-2)11-19(23-13)24-16-8-5-7-15(20)10-16/h3-11H,12H2,1-2H3,(H2,21,22,23,24). The third-order valence-electron chi connectivity index (χ3n) is 3.59. The average Bonchev–Trinajstić information content (AvgIpc) is 2.60. The molecule has 0 aliphatic carbocycles. The quantitative estimate of drug-likeness (QED) is 0.665. The second-order valence-corrected chi connectivity index (χ2v) is 5.92. The summed E-state index contributed by atoms with van der Waals surface area (Å²) in [5.41, 5.74) is 1.94. The molecule has 0 saturated carbocycles. The molecule has 2 aromatic carbocycles. The first-order chi connectivity index (χ1) is 12.1. The molecule has 2 N–H and O–H groups in total. The van der Waals surface area contributed by atoms with Gasteiger partial charge in [0.15, 0.2) is 0 Å². The Bertz CT molecular complexity index is 870. The van der Waals surface area contributed by atoms with E-state index in [1.54, 1.807) is 7.11 Å². The van der Waals surface area contributed by atoms with E-state index in [-0.39, 0.29) is 0 Å². The van der Waals surface area contributed by atoms with Gasteiger partial charge < -0.3 is 15.4 Å². The van der Waals surface area contributed by atoms with Gasteiger partial charge in [0, 0.05) is 28.9 Å². The summed E-state index contributed by atoms with van der Waals surface area (Å²) in [6.07, 6.45) is 0. The molecule has 0 bridgehead atoms. The van der Waals surface area contributed by atoms with Crippen LogP contribution in [-0.4, -0.2) is 17.1 Å². The fourth-order valence-electron chi connectivity index (χ4n) is 2.47. The van der Waals surface area contributed by atoms with Crippen molar-refractivity contribution in [1.29, 1.82) is 0 Å². The molecule has 0 fully saturated rings. The van der Waals surface area contributed by atoms with Crippen molar-refractivity contribution < 1.29 is 4.74 Å². The Kier molecular flexibility index (Phi) is 5.36. The van der Waals surface area contributed by atoms with Crippen LogP contribution in [0.15, 0.2) is 54.6 Å². The maximum Gasteiger partial charge on any atom is 0.136 e. The number of halogens is 1. The number of nitrogens with zero attached hydrogens (tertiary/aromatic N) is 2. The lowest BCUT2D eigenvalue weighted by atomic mass is 10.2. The van der Waals surface area contributed by atoms with Gasteiger partial charge in [-0.05, 0) is 31.2 Å². The molecule has 128 valence electrons. The molecule has 6 heteroatoms. The number of aryl methyl sites for hydroxylation is 1. The van der Waals surface area contributed by atoms with E-state index in [1.165, 1.54) is 0 Å². The van der Waals surface area contributed by atoms with Gasteiger partial charge in [-0.25, -0.2) is 9.97 Å². The number of aromatic nitrogens is 2. The first kappa shape index (κ1) is 17.0. The molecule has 5 nitrogen and oxygen atoms in total. The van der Waals surface area contributed by atoms with Crippen LogP contribution in [0, 0.1) is 6.92 Å². The van der Waals surface area contributed by atoms with Crippen molar-refractivity contribution >= 4 is 28.9 Å². The Labute approximate surface area is 152 Å². The molecule has 0 aliphatic heterocycles. The van der Waals surface area contributed by atoms with E-state index in [9.17, 15) is 0 Å². The minimum Gasteiger partial charge on any atom is -0.496 e. The van der Waals surface area contributed by atoms with Crippen molar-refractivity contribution in [3.05, 3.63) is 71.0 Å². The highest BCUT2D eigenvalue weighted by molar-refractivity contribution is 6.30. The van der Waals surface area contributed by atoms with Crippen molar-refractivity contribution in [3.8, 4) is 5.75 Å². The number of para-hydroxylation sites is 1. The SMILES string of the molecule is COc1ccccc1CNc1cc(Nc2cccc(Cl)c2)nc(C)n1. The molecule has 3 aromatic rings. The molecule has 1 aromatic heterocycles. The van der Waals surface area contributed by atoms with Crippen molar-refractivity contribution in [2.45, 2.75) is 13.5 Å². The van der Waals surface area contributed by atoms with Gasteiger partial charge in [-0.2, -0.15) is 0 Å². The highest BCUT2D eigenvalue weighted by Gasteiger charge is 2.05. The first-order valence-electron chi connectivity index (χ1n) is 7.88. The Morgan fingerprint density at radius 3 is 2.60 bits per heavy atom. The van der Waals surface area contributed by atoms with Crippen LogP contribution in [0.25, 0.3) is 0 Å². The number of methoxy groups -OCH3 is 1. The monoisotopic (exact) mass is 354 g/mol. The first-order valence-corrected chi connectivity index (χ1v) is 8.26. The third kappa shape index (κ3) is 4.61. The van der Waals surface area contributed by atoms with Crippen molar-refractivity contribution in [2.75, 3.05) is 17.7 Å². The second-order valence-electron chi connectivity index (χ2n) is 5.49. The van der Waals surface area contributed by atoms with Crippen molar-refractivity contribution in [1.82, 2.24) is 9.97 Å². The summed E-state index contributed by atoms with van der Waals surface area (Å²) in [5.74, 6) is 2.97. The molecule has 0 amide bonds. The number of hydrogen-bond donors (Lipinski definition) is 2. The molecule has 3 rings (SSSR count). The van der Waals surface area contributed by atoms with Gasteiger partial charge in [0.1, 0.15) is 23.2 Å². The molecule has 0 aliphatic rings. The van der Waals surface area contributed by atoms with Gasteiger partial charge in [-0.3, -0.25) is 0 Å². The van der Waals surface area contributed by atoms with E-state index in [0.29, 0.717) is 23.2 Å². The highest BCUT2D eigenvalue weighted by atomic mass is 35.5. The zero-order valence-corrected chi connectivity index (χ0v) is 14.8. The molecule has 0 saturated heterocycles. The van der Waals surface area contributed by atoms with Crippen LogP contribution in [0.4, 0.5) is 17.3 Å². The Morgan fingerprint density at radius 2 is 1.80 bits per heavy atom. The number of anilines is 3. The van der Waals surface area contributed by atoms with Gasteiger partial charge in [0.05, 0.1) is 7.11 Å². The Hall–Kier alpha value is -2.79. The van der Waals surface area contributed by atoms with Crippen molar-refractivity contribution in [2.24, 2.45) is 0 Å². The normalized spacial score (nSPS) is 10.4. The lowest BCUT2D eigenvalue weighted by molar-refractivity contribution is 0.410. The topological polar surface area (TPSA) is 59.1 Å². The smallest absolute Gasteiger partial charge is 0.136 e. The minimum atomic E-state index is 0.608. The minimum absolute atomic E-state index is 0.608. The van der Waals surface area contributed by atoms with Crippen LogP contribution in [0.5, 0.6) is 5.75 Å². The molecular weight excluding hydrogens is 336 g/mol. The number of hydrogen-bond acceptors (Lipinski definition) is 5. The van der Waals surface area contributed by atoms with Gasteiger partial charge in [-0.1, -0.05) is 35.9 Å². The molecule has 0 atom stereocenters. The maximum atomic E-state index is 6.02. The summed E-state index contributed by atoms with van der Waals surface area (Å²) in [6, 6.07) is 17.3. The summed E-state index contributed by atoms with van der Waals surface area (Å²) in [5, 5.41) is 7.23. The lowest BCUT2D eigenvalue weighted by Gasteiger charge is -2.12. The van der Waals surface area contributed by atoms with E-state index in [2.05, 4.69) is 20.6 Å². The Balaban J connectivity index is 1.75. The number of ether oxygens (including phenoxy) is 1. The zero-order valence-electron chi connectivity index (χ0n) is 14.1. The summed E-state index contributed by atoms with van der Waals surface area (Å²) in [7, 11) is 1.67. The zero-order chi connectivity index (χ0) is 17.6. The third-order valence-corrected chi connectivity index (χ3v) is 3.82. The molecule has 0 radical (unpaired) electrons. The van der Waals surface area contributed by atoms with Crippen LogP contribution < -0.4 is 15.4 Å². The molecule has 0 unspecified atom stereocenters. The fraction of sp³-hybridized carbons (Fsp3) is 0.158. The highest BCUT2D eigenvalue weighted by Crippen LogP contribution is 2.22. The van der Waals surface area contributed by atoms with Crippen molar-refractivity contribution in [3.63, 3.8) is 0 Å². The summed E-state index contributed by atoms with van der Waals surface area (Å²) in [6.45, 7) is 2.47. The number of rotatable bonds is 6. The summed E-state index contributed by atoms with van der Waals surface area (Å²) >= 11 is 6.02. The largest absolute Gasteiger partial charge is 0.496 e. The summed E-state index contributed by atoms with van der Waals surface area (Å²) in [4.78, 5) is 8.85. The van der Waals surface area contributed by atoms with E-state index in [0.717, 1.165) is 22.8 Å². The van der Waals surface area contributed by atoms with Gasteiger partial charge in [0.25, 0.3) is 0 Å². The van der Waals surface area contributed by atoms with E-state index < -0.39 is 0 Å². The molecule has 25 heavy (non-hydrogen) atoms. The predicted molar refractivity (Wildman–Crippen MR) is 102 cm³/mol. The number of benzene rings is 2. The van der Waals surface area contributed by atoms with Crippen LogP contribution >= 0.6 is 11.6 Å². The Morgan fingerprint density at radius 1 is 1.00 bits per heavy atom. The molecular formula is C19H19ClN4O. The maximum absolute atomic E-state index is 6.02. The van der Waals surface area contributed by atoms with Crippen LogP contribution in [0.1, 0.15) is 11.4 Å². The van der Waals surface area contributed by atoms with E-state index in [4.69, 9.17) is 16.3 Å². The molecule has 1 heterocycles. The van der Waals surface area contributed by atoms with E-state index in [1.807, 2.05) is 61.5 Å². The average molecular weight is 355 g/mol. The van der Waals surface area contributed by atoms with Crippen LogP contribution in [0.2, 0.25) is 5.02 Å². The predicted octanol–water partition coefficient (Wildman–Crippen LogP) is 4.80. The van der Waals surface area contributed by atoms with Crippen LogP contribution in [0.3, 0.4) is 0 Å². The van der Waals surface area contributed by atoms with Gasteiger partial charge in [0.2, 0.25) is 0 Å².